The summed E-state index contributed by atoms with van der Waals surface area (Å²) in [5.74, 6) is -0.0255. The highest BCUT2D eigenvalue weighted by Crippen LogP contribution is 2.39. The number of benzene rings is 1. The average molecular weight is 584 g/mol. The Morgan fingerprint density at radius 3 is 2.65 bits per heavy atom. The molecule has 0 saturated carbocycles. The molecule has 0 bridgehead atoms. The molecule has 9 nitrogen and oxygen atoms in total. The van der Waals surface area contributed by atoms with Crippen molar-refractivity contribution < 1.29 is 19.1 Å². The van der Waals surface area contributed by atoms with Gasteiger partial charge in [0.2, 0.25) is 11.8 Å². The van der Waals surface area contributed by atoms with Crippen molar-refractivity contribution in [3.63, 3.8) is 0 Å². The highest BCUT2D eigenvalue weighted by atomic mass is 32.2. The minimum atomic E-state index is -0.487. The van der Waals surface area contributed by atoms with E-state index in [1.807, 2.05) is 41.8 Å². The third-order valence-corrected chi connectivity index (χ3v) is 9.01. The Labute approximate surface area is 243 Å². The van der Waals surface area contributed by atoms with Crippen LogP contribution in [0.5, 0.6) is 0 Å². The molecule has 2 N–H and O–H groups in total. The van der Waals surface area contributed by atoms with Crippen LogP contribution in [0.4, 0.5) is 5.00 Å². The highest BCUT2D eigenvalue weighted by molar-refractivity contribution is 8.00. The van der Waals surface area contributed by atoms with Gasteiger partial charge in [-0.25, -0.2) is 4.79 Å². The molecule has 1 aromatic carbocycles. The number of hydrogen-bond acceptors (Lipinski definition) is 8. The van der Waals surface area contributed by atoms with Crippen LogP contribution in [0.25, 0.3) is 0 Å². The second-order valence-corrected chi connectivity index (χ2v) is 12.1. The lowest BCUT2D eigenvalue weighted by Crippen LogP contribution is -2.26. The van der Waals surface area contributed by atoms with E-state index in [0.29, 0.717) is 34.5 Å². The molecule has 40 heavy (non-hydrogen) atoms. The number of hydrogen-bond donors (Lipinski definition) is 2. The molecule has 2 aromatic heterocycles. The van der Waals surface area contributed by atoms with Crippen LogP contribution in [0.15, 0.2) is 35.5 Å². The first-order valence-electron chi connectivity index (χ1n) is 13.9. The van der Waals surface area contributed by atoms with Crippen molar-refractivity contribution in [3.05, 3.63) is 57.7 Å². The zero-order valence-corrected chi connectivity index (χ0v) is 25.0. The lowest BCUT2D eigenvalue weighted by molar-refractivity contribution is -0.120. The van der Waals surface area contributed by atoms with E-state index in [-0.39, 0.29) is 30.9 Å². The molecule has 1 aliphatic carbocycles. The second-order valence-electron chi connectivity index (χ2n) is 9.73. The zero-order valence-electron chi connectivity index (χ0n) is 23.3. The number of aromatic nitrogens is 3. The molecular weight excluding hydrogens is 546 g/mol. The number of nitrogens with zero attached hydrogens (tertiary/aromatic N) is 3. The van der Waals surface area contributed by atoms with E-state index in [0.717, 1.165) is 54.5 Å². The van der Waals surface area contributed by atoms with E-state index < -0.39 is 5.25 Å². The topological polar surface area (TPSA) is 115 Å². The van der Waals surface area contributed by atoms with Gasteiger partial charge in [0.1, 0.15) is 5.00 Å². The van der Waals surface area contributed by atoms with Crippen LogP contribution in [0, 0.1) is 0 Å². The summed E-state index contributed by atoms with van der Waals surface area (Å²) >= 11 is 2.80. The Kier molecular flexibility index (Phi) is 10.8. The van der Waals surface area contributed by atoms with Gasteiger partial charge >= 0.3 is 5.97 Å². The van der Waals surface area contributed by atoms with Crippen molar-refractivity contribution in [1.29, 1.82) is 0 Å². The molecule has 0 aliphatic heterocycles. The lowest BCUT2D eigenvalue weighted by atomic mass is 9.95. The van der Waals surface area contributed by atoms with E-state index in [1.165, 1.54) is 23.1 Å². The number of carbonyl (C=O) groups excluding carboxylic acids is 3. The van der Waals surface area contributed by atoms with E-state index >= 15 is 0 Å². The summed E-state index contributed by atoms with van der Waals surface area (Å²) in [5.41, 5.74) is 2.47. The SMILES string of the molecule is CCCCn1c(CNC(=O)Cc2ccccc2)nnc1S[C@@H](C)C(=O)Nc1sc2c(c1C(=O)OCC)CCCC2. The van der Waals surface area contributed by atoms with Crippen molar-refractivity contribution in [2.75, 3.05) is 11.9 Å². The van der Waals surface area contributed by atoms with Crippen LogP contribution in [-0.4, -0.2) is 44.4 Å². The number of fused-ring (bicyclic) bond motifs is 1. The molecule has 0 spiro atoms. The summed E-state index contributed by atoms with van der Waals surface area (Å²) in [6, 6.07) is 9.59. The molecular formula is C29H37N5O4S2. The van der Waals surface area contributed by atoms with Gasteiger partial charge in [-0.15, -0.1) is 21.5 Å². The van der Waals surface area contributed by atoms with Crippen LogP contribution >= 0.6 is 23.1 Å². The molecule has 0 saturated heterocycles. The quantitative estimate of drug-likeness (QED) is 0.211. The second kappa shape index (κ2) is 14.5. The Balaban J connectivity index is 1.43. The summed E-state index contributed by atoms with van der Waals surface area (Å²) in [5, 5.41) is 15.3. The van der Waals surface area contributed by atoms with Crippen LogP contribution < -0.4 is 10.6 Å². The molecule has 0 radical (unpaired) electrons. The molecule has 4 rings (SSSR count). The van der Waals surface area contributed by atoms with Gasteiger partial charge in [-0.2, -0.15) is 0 Å². The van der Waals surface area contributed by atoms with Gasteiger partial charge in [-0.3, -0.25) is 9.59 Å². The molecule has 2 heterocycles. The first kappa shape index (κ1) is 29.8. The van der Waals surface area contributed by atoms with Gasteiger partial charge in [-0.1, -0.05) is 55.4 Å². The van der Waals surface area contributed by atoms with Crippen molar-refractivity contribution in [3.8, 4) is 0 Å². The number of amides is 2. The van der Waals surface area contributed by atoms with E-state index in [4.69, 9.17) is 4.74 Å². The van der Waals surface area contributed by atoms with Gasteiger partial charge in [0, 0.05) is 11.4 Å². The third-order valence-electron chi connectivity index (χ3n) is 6.72. The largest absolute Gasteiger partial charge is 0.462 e. The van der Waals surface area contributed by atoms with Gasteiger partial charge in [-0.05, 0) is 57.1 Å². The first-order chi connectivity index (χ1) is 19.4. The van der Waals surface area contributed by atoms with E-state index in [9.17, 15) is 14.4 Å². The summed E-state index contributed by atoms with van der Waals surface area (Å²) in [6.45, 7) is 6.94. The highest BCUT2D eigenvalue weighted by Gasteiger charge is 2.29. The molecule has 3 aromatic rings. The number of thiophene rings is 1. The maximum atomic E-state index is 13.3. The maximum absolute atomic E-state index is 13.3. The molecule has 11 heteroatoms. The van der Waals surface area contributed by atoms with Crippen molar-refractivity contribution in [1.82, 2.24) is 20.1 Å². The van der Waals surface area contributed by atoms with Crippen LogP contribution in [0.1, 0.15) is 78.6 Å². The molecule has 1 atom stereocenters. The van der Waals surface area contributed by atoms with Gasteiger partial charge < -0.3 is 19.9 Å². The minimum Gasteiger partial charge on any atom is -0.462 e. The summed E-state index contributed by atoms with van der Waals surface area (Å²) in [4.78, 5) is 39.7. The monoisotopic (exact) mass is 583 g/mol. The Morgan fingerprint density at radius 2 is 1.90 bits per heavy atom. The van der Waals surface area contributed by atoms with Crippen molar-refractivity contribution in [2.45, 2.75) is 89.2 Å². The standard InChI is InChI=1S/C29H37N5O4S2/c1-4-6-16-34-23(18-30-24(35)17-20-12-8-7-9-13-20)32-33-29(34)39-19(3)26(36)31-27-25(28(37)38-5-2)21-14-10-11-15-22(21)40-27/h7-9,12-13,19H,4-6,10-11,14-18H2,1-3H3,(H,30,35)(H,31,36)/t19-/m0/s1. The van der Waals surface area contributed by atoms with Crippen molar-refractivity contribution >= 4 is 45.9 Å². The first-order valence-corrected chi connectivity index (χ1v) is 15.6. The third kappa shape index (κ3) is 7.51. The van der Waals surface area contributed by atoms with Crippen LogP contribution in [-0.2, 0) is 46.7 Å². The zero-order chi connectivity index (χ0) is 28.5. The Bertz CT molecular complexity index is 1320. The smallest absolute Gasteiger partial charge is 0.341 e. The van der Waals surface area contributed by atoms with Gasteiger partial charge in [0.05, 0.1) is 30.4 Å². The fourth-order valence-electron chi connectivity index (χ4n) is 4.60. The number of nitrogens with one attached hydrogen (secondary N) is 2. The molecule has 0 fully saturated rings. The number of aryl methyl sites for hydroxylation is 1. The number of ether oxygens (including phenoxy) is 1. The fraction of sp³-hybridized carbons (Fsp3) is 0.483. The van der Waals surface area contributed by atoms with Crippen molar-refractivity contribution in [2.24, 2.45) is 0 Å². The summed E-state index contributed by atoms with van der Waals surface area (Å²) < 4.78 is 7.30. The molecule has 0 unspecified atom stereocenters. The Morgan fingerprint density at radius 1 is 1.12 bits per heavy atom. The molecule has 2 amide bonds. The van der Waals surface area contributed by atoms with E-state index in [2.05, 4.69) is 27.8 Å². The normalized spacial score (nSPS) is 13.4. The average Bonchev–Trinajstić information content (AvgIpc) is 3.51. The summed E-state index contributed by atoms with van der Waals surface area (Å²) in [7, 11) is 0. The number of unbranched alkanes of at least 4 members (excludes halogenated alkanes) is 1. The van der Waals surface area contributed by atoms with Crippen LogP contribution in [0.2, 0.25) is 0 Å². The predicted molar refractivity (Wildman–Crippen MR) is 158 cm³/mol. The lowest BCUT2D eigenvalue weighted by Gasteiger charge is -2.14. The number of thioether (sulfide) groups is 1. The molecule has 1 aliphatic rings. The number of anilines is 1. The minimum absolute atomic E-state index is 0.0887. The molecule has 214 valence electrons. The number of rotatable bonds is 13. The van der Waals surface area contributed by atoms with Crippen LogP contribution in [0.3, 0.4) is 0 Å². The fourth-order valence-corrected chi connectivity index (χ4v) is 6.77. The summed E-state index contributed by atoms with van der Waals surface area (Å²) in [6.07, 6.45) is 6.04. The number of carbonyl (C=O) groups is 3. The maximum Gasteiger partial charge on any atom is 0.341 e. The Hall–Kier alpha value is -3.18. The van der Waals surface area contributed by atoms with Gasteiger partial charge in [0.15, 0.2) is 11.0 Å². The van der Waals surface area contributed by atoms with Gasteiger partial charge in [0.25, 0.3) is 0 Å². The number of esters is 1. The predicted octanol–water partition coefficient (Wildman–Crippen LogP) is 5.17. The van der Waals surface area contributed by atoms with E-state index in [1.54, 1.807) is 6.92 Å².